The average Bonchev–Trinajstić information content (AvgIpc) is 2.06. The highest BCUT2D eigenvalue weighted by Gasteiger charge is 1.94. The Balaban J connectivity index is 0. The van der Waals surface area contributed by atoms with Crippen LogP contribution in [0.3, 0.4) is 0 Å². The standard InChI is InChI=1S/C6H14O2.C3H6O2/c1-4-7-6(3)8-5-2;1-2-3(4)5/h6H,4-5H2,1-3H3;2H2,1H3,(H,4,5). The molecule has 0 aromatic heterocycles. The Kier molecular flexibility index (Phi) is 13.0. The second-order valence-corrected chi connectivity index (χ2v) is 2.23. The molecule has 0 fully saturated rings. The Morgan fingerprint density at radius 2 is 1.54 bits per heavy atom. The van der Waals surface area contributed by atoms with Gasteiger partial charge in [0.05, 0.1) is 0 Å². The molecule has 0 bridgehead atoms. The molecule has 0 spiro atoms. The topological polar surface area (TPSA) is 55.8 Å². The third-order valence-corrected chi connectivity index (χ3v) is 1.11. The first-order chi connectivity index (χ1) is 6.08. The quantitative estimate of drug-likeness (QED) is 0.676. The maximum Gasteiger partial charge on any atom is 0.303 e. The lowest BCUT2D eigenvalue weighted by Gasteiger charge is -2.09. The molecular formula is C9H20O4. The van der Waals surface area contributed by atoms with Gasteiger partial charge in [0, 0.05) is 19.6 Å². The summed E-state index contributed by atoms with van der Waals surface area (Å²) >= 11 is 0. The fourth-order valence-electron chi connectivity index (χ4n) is 0.518. The Labute approximate surface area is 79.8 Å². The Morgan fingerprint density at radius 1 is 1.23 bits per heavy atom. The molecule has 80 valence electrons. The zero-order chi connectivity index (χ0) is 10.7. The van der Waals surface area contributed by atoms with Gasteiger partial charge in [-0.25, -0.2) is 0 Å². The van der Waals surface area contributed by atoms with Gasteiger partial charge in [-0.3, -0.25) is 4.79 Å². The summed E-state index contributed by atoms with van der Waals surface area (Å²) in [5.41, 5.74) is 0. The minimum atomic E-state index is -0.745. The summed E-state index contributed by atoms with van der Waals surface area (Å²) < 4.78 is 10.1. The summed E-state index contributed by atoms with van der Waals surface area (Å²) in [6.45, 7) is 8.85. The van der Waals surface area contributed by atoms with Crippen LogP contribution < -0.4 is 0 Å². The molecule has 1 N–H and O–H groups in total. The largest absolute Gasteiger partial charge is 0.481 e. The fourth-order valence-corrected chi connectivity index (χ4v) is 0.518. The van der Waals surface area contributed by atoms with Crippen LogP contribution in [0.2, 0.25) is 0 Å². The van der Waals surface area contributed by atoms with E-state index in [1.165, 1.54) is 0 Å². The number of rotatable bonds is 5. The summed E-state index contributed by atoms with van der Waals surface area (Å²) in [5.74, 6) is -0.745. The van der Waals surface area contributed by atoms with Crippen LogP contribution in [0.1, 0.15) is 34.1 Å². The van der Waals surface area contributed by atoms with Gasteiger partial charge in [0.1, 0.15) is 0 Å². The summed E-state index contributed by atoms with van der Waals surface area (Å²) in [7, 11) is 0. The predicted octanol–water partition coefficient (Wildman–Crippen LogP) is 1.89. The fraction of sp³-hybridized carbons (Fsp3) is 0.889. The first-order valence-corrected chi connectivity index (χ1v) is 4.53. The van der Waals surface area contributed by atoms with Crippen molar-refractivity contribution in [3.05, 3.63) is 0 Å². The van der Waals surface area contributed by atoms with Crippen LogP contribution in [0.15, 0.2) is 0 Å². The number of ether oxygens (including phenoxy) is 2. The second-order valence-electron chi connectivity index (χ2n) is 2.23. The van der Waals surface area contributed by atoms with E-state index in [1.807, 2.05) is 20.8 Å². The first kappa shape index (κ1) is 14.9. The highest BCUT2D eigenvalue weighted by atomic mass is 16.7. The maximum atomic E-state index is 9.37. The lowest BCUT2D eigenvalue weighted by atomic mass is 10.5. The lowest BCUT2D eigenvalue weighted by molar-refractivity contribution is -0.136. The molecule has 0 unspecified atom stereocenters. The van der Waals surface area contributed by atoms with Gasteiger partial charge in [-0.2, -0.15) is 0 Å². The molecule has 0 amide bonds. The summed E-state index contributed by atoms with van der Waals surface area (Å²) in [6.07, 6.45) is 0.185. The van der Waals surface area contributed by atoms with E-state index < -0.39 is 5.97 Å². The van der Waals surface area contributed by atoms with Crippen LogP contribution in [0.5, 0.6) is 0 Å². The molecule has 0 heterocycles. The Hall–Kier alpha value is -0.610. The molecule has 0 aliphatic carbocycles. The van der Waals surface area contributed by atoms with Crippen molar-refractivity contribution in [1.82, 2.24) is 0 Å². The third-order valence-electron chi connectivity index (χ3n) is 1.11. The molecule has 4 nitrogen and oxygen atoms in total. The minimum Gasteiger partial charge on any atom is -0.481 e. The zero-order valence-corrected chi connectivity index (χ0v) is 8.87. The lowest BCUT2D eigenvalue weighted by Crippen LogP contribution is -2.11. The van der Waals surface area contributed by atoms with Gasteiger partial charge in [0.25, 0.3) is 0 Å². The van der Waals surface area contributed by atoms with E-state index in [2.05, 4.69) is 0 Å². The highest BCUT2D eigenvalue weighted by molar-refractivity contribution is 5.66. The Morgan fingerprint density at radius 3 is 1.69 bits per heavy atom. The van der Waals surface area contributed by atoms with Gasteiger partial charge in [-0.15, -0.1) is 0 Å². The minimum absolute atomic E-state index is 0.0370. The SMILES string of the molecule is CCC(=O)O.CCOC(C)OCC. The van der Waals surface area contributed by atoms with Crippen LogP contribution in [-0.2, 0) is 14.3 Å². The summed E-state index contributed by atoms with van der Waals surface area (Å²) in [6, 6.07) is 0. The van der Waals surface area contributed by atoms with Crippen molar-refractivity contribution in [2.45, 2.75) is 40.4 Å². The number of hydrogen-bond donors (Lipinski definition) is 1. The van der Waals surface area contributed by atoms with E-state index in [-0.39, 0.29) is 12.7 Å². The molecule has 0 atom stereocenters. The van der Waals surface area contributed by atoms with Gasteiger partial charge < -0.3 is 14.6 Å². The van der Waals surface area contributed by atoms with Crippen molar-refractivity contribution in [3.8, 4) is 0 Å². The molecule has 4 heteroatoms. The maximum absolute atomic E-state index is 9.37. The highest BCUT2D eigenvalue weighted by Crippen LogP contribution is 1.90. The van der Waals surface area contributed by atoms with Crippen LogP contribution in [0.25, 0.3) is 0 Å². The van der Waals surface area contributed by atoms with E-state index in [0.717, 1.165) is 13.2 Å². The summed E-state index contributed by atoms with van der Waals surface area (Å²) in [5, 5.41) is 7.72. The van der Waals surface area contributed by atoms with Crippen molar-refractivity contribution in [2.75, 3.05) is 13.2 Å². The van der Waals surface area contributed by atoms with Crippen molar-refractivity contribution in [2.24, 2.45) is 0 Å². The van der Waals surface area contributed by atoms with Crippen LogP contribution >= 0.6 is 0 Å². The van der Waals surface area contributed by atoms with Gasteiger partial charge >= 0.3 is 5.97 Å². The molecule has 0 rings (SSSR count). The number of hydrogen-bond acceptors (Lipinski definition) is 3. The zero-order valence-electron chi connectivity index (χ0n) is 8.87. The number of carboxylic acid groups (broad SMARTS) is 1. The van der Waals surface area contributed by atoms with E-state index in [0.29, 0.717) is 0 Å². The van der Waals surface area contributed by atoms with Crippen LogP contribution in [0, 0.1) is 0 Å². The molecule has 13 heavy (non-hydrogen) atoms. The first-order valence-electron chi connectivity index (χ1n) is 4.53. The molecule has 0 aromatic rings. The van der Waals surface area contributed by atoms with E-state index in [4.69, 9.17) is 14.6 Å². The molecule has 0 aliphatic heterocycles. The van der Waals surface area contributed by atoms with E-state index in [9.17, 15) is 4.79 Å². The molecular weight excluding hydrogens is 172 g/mol. The molecule has 0 aromatic carbocycles. The van der Waals surface area contributed by atoms with E-state index >= 15 is 0 Å². The van der Waals surface area contributed by atoms with Crippen LogP contribution in [-0.4, -0.2) is 30.6 Å². The third kappa shape index (κ3) is 18.4. The Bertz CT molecular complexity index is 108. The van der Waals surface area contributed by atoms with Crippen LogP contribution in [0.4, 0.5) is 0 Å². The normalized spacial score (nSPS) is 9.31. The smallest absolute Gasteiger partial charge is 0.303 e. The molecule has 0 saturated heterocycles. The van der Waals surface area contributed by atoms with Gasteiger partial charge in [0.2, 0.25) is 0 Å². The van der Waals surface area contributed by atoms with Crippen molar-refractivity contribution in [1.29, 1.82) is 0 Å². The number of carbonyl (C=O) groups is 1. The molecule has 0 radical (unpaired) electrons. The molecule has 0 aliphatic rings. The van der Waals surface area contributed by atoms with Crippen molar-refractivity contribution >= 4 is 5.97 Å². The van der Waals surface area contributed by atoms with E-state index in [1.54, 1.807) is 6.92 Å². The van der Waals surface area contributed by atoms with Crippen molar-refractivity contribution in [3.63, 3.8) is 0 Å². The second kappa shape index (κ2) is 11.4. The van der Waals surface area contributed by atoms with Gasteiger partial charge in [0.15, 0.2) is 6.29 Å². The average molecular weight is 192 g/mol. The summed E-state index contributed by atoms with van der Waals surface area (Å²) in [4.78, 5) is 9.37. The number of aliphatic carboxylic acids is 1. The van der Waals surface area contributed by atoms with Gasteiger partial charge in [-0.05, 0) is 20.8 Å². The molecule has 0 saturated carbocycles. The number of carboxylic acids is 1. The monoisotopic (exact) mass is 192 g/mol. The van der Waals surface area contributed by atoms with Crippen molar-refractivity contribution < 1.29 is 19.4 Å². The predicted molar refractivity (Wildman–Crippen MR) is 50.6 cm³/mol. The van der Waals surface area contributed by atoms with Gasteiger partial charge in [-0.1, -0.05) is 6.92 Å².